The minimum Gasteiger partial charge on any atom is -0.508 e. The first-order valence-corrected chi connectivity index (χ1v) is 7.42. The fraction of sp³-hybridized carbons (Fsp3) is 0.0526. The average molecular weight is 320 g/mol. The molecule has 0 aliphatic carbocycles. The van der Waals surface area contributed by atoms with Gasteiger partial charge in [-0.05, 0) is 31.2 Å². The summed E-state index contributed by atoms with van der Waals surface area (Å²) in [5.41, 5.74) is 2.36. The number of hydrogen-bond acceptors (Lipinski definition) is 5. The van der Waals surface area contributed by atoms with Crippen LogP contribution < -0.4 is 5.32 Å². The van der Waals surface area contributed by atoms with Gasteiger partial charge >= 0.3 is 0 Å². The van der Waals surface area contributed by atoms with E-state index in [2.05, 4.69) is 10.5 Å². The molecule has 3 rings (SSSR count). The molecule has 1 heterocycles. The molecule has 120 valence electrons. The van der Waals surface area contributed by atoms with Crippen molar-refractivity contribution in [2.75, 3.05) is 5.32 Å². The maximum Gasteiger partial charge on any atom is 0.198 e. The van der Waals surface area contributed by atoms with E-state index in [9.17, 15) is 9.90 Å². The molecule has 0 bridgehead atoms. The lowest BCUT2D eigenvalue weighted by Gasteiger charge is -2.06. The highest BCUT2D eigenvalue weighted by atomic mass is 16.5. The number of benzene rings is 2. The van der Waals surface area contributed by atoms with E-state index in [0.29, 0.717) is 22.6 Å². The number of rotatable bonds is 5. The Kier molecular flexibility index (Phi) is 4.43. The molecule has 3 aromatic rings. The maximum absolute atomic E-state index is 12.8. The van der Waals surface area contributed by atoms with Gasteiger partial charge in [0.2, 0.25) is 0 Å². The Balaban J connectivity index is 1.94. The highest BCUT2D eigenvalue weighted by Crippen LogP contribution is 2.22. The van der Waals surface area contributed by atoms with Crippen molar-refractivity contribution in [2.24, 2.45) is 0 Å². The highest BCUT2D eigenvalue weighted by molar-refractivity contribution is 6.28. The third-order valence-electron chi connectivity index (χ3n) is 3.42. The van der Waals surface area contributed by atoms with Gasteiger partial charge in [0, 0.05) is 23.5 Å². The zero-order valence-electron chi connectivity index (χ0n) is 13.1. The number of anilines is 1. The van der Waals surface area contributed by atoms with Crippen LogP contribution in [-0.2, 0) is 0 Å². The van der Waals surface area contributed by atoms with Gasteiger partial charge < -0.3 is 14.9 Å². The third kappa shape index (κ3) is 3.52. The lowest BCUT2D eigenvalue weighted by molar-refractivity contribution is 0.105. The number of nitrogens with zero attached hydrogens (tertiary/aromatic N) is 1. The summed E-state index contributed by atoms with van der Waals surface area (Å²) >= 11 is 0. The Labute approximate surface area is 139 Å². The average Bonchev–Trinajstić information content (AvgIpc) is 3.03. The molecule has 0 aliphatic rings. The number of aromatic nitrogens is 1. The normalized spacial score (nSPS) is 11.3. The minimum atomic E-state index is -0.168. The maximum atomic E-state index is 12.8. The second kappa shape index (κ2) is 6.83. The molecule has 2 N–H and O–H groups in total. The van der Waals surface area contributed by atoms with Gasteiger partial charge in [-0.15, -0.1) is 0 Å². The van der Waals surface area contributed by atoms with Gasteiger partial charge in [0.05, 0.1) is 11.3 Å². The third-order valence-corrected chi connectivity index (χ3v) is 3.42. The predicted molar refractivity (Wildman–Crippen MR) is 91.7 cm³/mol. The van der Waals surface area contributed by atoms with Crippen molar-refractivity contribution in [2.45, 2.75) is 6.92 Å². The van der Waals surface area contributed by atoms with Gasteiger partial charge in [-0.25, -0.2) is 0 Å². The number of hydrogen-bond donors (Lipinski definition) is 2. The number of ketones is 1. The molecular weight excluding hydrogens is 304 g/mol. The van der Waals surface area contributed by atoms with E-state index in [1.807, 2.05) is 18.2 Å². The number of aromatic hydroxyl groups is 1. The van der Waals surface area contributed by atoms with E-state index >= 15 is 0 Å². The molecule has 0 spiro atoms. The standard InChI is InChI=1S/C19H16N2O3/c1-13-11-18(24-21-13)17(19(23)14-5-3-2-4-6-14)12-20-15-7-9-16(22)10-8-15/h2-12,20,22H,1H3/b17-12+. The molecule has 0 unspecified atom stereocenters. The zero-order chi connectivity index (χ0) is 16.9. The highest BCUT2D eigenvalue weighted by Gasteiger charge is 2.18. The van der Waals surface area contributed by atoms with Gasteiger partial charge in [0.25, 0.3) is 0 Å². The summed E-state index contributed by atoms with van der Waals surface area (Å²) in [5, 5.41) is 16.2. The van der Waals surface area contributed by atoms with Crippen molar-refractivity contribution in [1.29, 1.82) is 0 Å². The lowest BCUT2D eigenvalue weighted by atomic mass is 10.0. The number of phenols is 1. The van der Waals surface area contributed by atoms with Crippen molar-refractivity contribution < 1.29 is 14.4 Å². The lowest BCUT2D eigenvalue weighted by Crippen LogP contribution is -2.04. The number of nitrogens with one attached hydrogen (secondary N) is 1. The summed E-state index contributed by atoms with van der Waals surface area (Å²) in [6.45, 7) is 1.80. The molecule has 2 aromatic carbocycles. The number of phenolic OH excluding ortho intramolecular Hbond substituents is 1. The summed E-state index contributed by atoms with van der Waals surface area (Å²) in [5.74, 6) is 0.404. The molecule has 0 atom stereocenters. The number of allylic oxidation sites excluding steroid dienone is 1. The van der Waals surface area contributed by atoms with Crippen LogP contribution in [0.2, 0.25) is 0 Å². The molecular formula is C19H16N2O3. The Morgan fingerprint density at radius 2 is 1.83 bits per heavy atom. The van der Waals surface area contributed by atoms with E-state index in [-0.39, 0.29) is 11.5 Å². The molecule has 0 aliphatic heterocycles. The number of carbonyl (C=O) groups is 1. The molecule has 0 amide bonds. The van der Waals surface area contributed by atoms with Crippen molar-refractivity contribution in [3.05, 3.63) is 83.9 Å². The Morgan fingerprint density at radius 1 is 1.12 bits per heavy atom. The van der Waals surface area contributed by atoms with Crippen LogP contribution in [0.1, 0.15) is 21.8 Å². The molecule has 24 heavy (non-hydrogen) atoms. The van der Waals surface area contributed by atoms with Crippen LogP contribution in [0.25, 0.3) is 5.57 Å². The topological polar surface area (TPSA) is 75.4 Å². The second-order valence-electron chi connectivity index (χ2n) is 5.28. The molecule has 5 nitrogen and oxygen atoms in total. The number of carbonyl (C=O) groups excluding carboxylic acids is 1. The Hall–Kier alpha value is -3.34. The van der Waals surface area contributed by atoms with Gasteiger partial charge in [0.15, 0.2) is 11.5 Å². The molecule has 5 heteroatoms. The van der Waals surface area contributed by atoms with E-state index in [4.69, 9.17) is 4.52 Å². The first kappa shape index (κ1) is 15.6. The van der Waals surface area contributed by atoms with E-state index in [1.54, 1.807) is 55.6 Å². The fourth-order valence-corrected chi connectivity index (χ4v) is 2.20. The SMILES string of the molecule is Cc1cc(/C(=C\Nc2ccc(O)cc2)C(=O)c2ccccc2)on1. The Bertz CT molecular complexity index is 865. The first-order chi connectivity index (χ1) is 11.6. The number of aryl methyl sites for hydroxylation is 1. The molecule has 0 saturated heterocycles. The largest absolute Gasteiger partial charge is 0.508 e. The van der Waals surface area contributed by atoms with Crippen LogP contribution in [0.3, 0.4) is 0 Å². The van der Waals surface area contributed by atoms with E-state index < -0.39 is 0 Å². The number of Topliss-reactive ketones (excluding diaryl/α,β-unsaturated/α-hetero) is 1. The summed E-state index contributed by atoms with van der Waals surface area (Å²) in [7, 11) is 0. The summed E-state index contributed by atoms with van der Waals surface area (Å²) in [4.78, 5) is 12.8. The first-order valence-electron chi connectivity index (χ1n) is 7.42. The summed E-state index contributed by atoms with van der Waals surface area (Å²) in [6.07, 6.45) is 1.58. The van der Waals surface area contributed by atoms with Crippen LogP contribution >= 0.6 is 0 Å². The Morgan fingerprint density at radius 3 is 2.46 bits per heavy atom. The molecule has 0 saturated carbocycles. The van der Waals surface area contributed by atoms with Gasteiger partial charge in [-0.1, -0.05) is 35.5 Å². The molecule has 0 radical (unpaired) electrons. The van der Waals surface area contributed by atoms with Gasteiger partial charge in [-0.2, -0.15) is 0 Å². The van der Waals surface area contributed by atoms with Crippen molar-refractivity contribution in [1.82, 2.24) is 5.16 Å². The van der Waals surface area contributed by atoms with Crippen molar-refractivity contribution in [3.8, 4) is 5.75 Å². The molecule has 1 aromatic heterocycles. The predicted octanol–water partition coefficient (Wildman–Crippen LogP) is 4.02. The monoisotopic (exact) mass is 320 g/mol. The fourth-order valence-electron chi connectivity index (χ4n) is 2.20. The van der Waals surface area contributed by atoms with Gasteiger partial charge in [0.1, 0.15) is 5.75 Å². The summed E-state index contributed by atoms with van der Waals surface area (Å²) in [6, 6.07) is 17.2. The smallest absolute Gasteiger partial charge is 0.198 e. The van der Waals surface area contributed by atoms with Crippen molar-refractivity contribution in [3.63, 3.8) is 0 Å². The van der Waals surface area contributed by atoms with Crippen LogP contribution in [0.15, 0.2) is 71.4 Å². The van der Waals surface area contributed by atoms with Crippen molar-refractivity contribution >= 4 is 17.0 Å². The minimum absolute atomic E-state index is 0.168. The quantitative estimate of drug-likeness (QED) is 0.422. The van der Waals surface area contributed by atoms with Crippen LogP contribution in [-0.4, -0.2) is 16.0 Å². The second-order valence-corrected chi connectivity index (χ2v) is 5.28. The summed E-state index contributed by atoms with van der Waals surface area (Å²) < 4.78 is 5.26. The van der Waals surface area contributed by atoms with Crippen LogP contribution in [0.5, 0.6) is 5.75 Å². The van der Waals surface area contributed by atoms with Crippen LogP contribution in [0, 0.1) is 6.92 Å². The van der Waals surface area contributed by atoms with Gasteiger partial charge in [-0.3, -0.25) is 4.79 Å². The molecule has 0 fully saturated rings. The van der Waals surface area contributed by atoms with E-state index in [1.165, 1.54) is 0 Å². The zero-order valence-corrected chi connectivity index (χ0v) is 13.1. The van der Waals surface area contributed by atoms with Crippen LogP contribution in [0.4, 0.5) is 5.69 Å². The van der Waals surface area contributed by atoms with E-state index in [0.717, 1.165) is 5.69 Å².